The summed E-state index contributed by atoms with van der Waals surface area (Å²) >= 11 is 3.35. The molecule has 0 heterocycles. The summed E-state index contributed by atoms with van der Waals surface area (Å²) in [4.78, 5) is 12.5. The molecule has 0 spiro atoms. The lowest BCUT2D eigenvalue weighted by Crippen LogP contribution is -2.19. The van der Waals surface area contributed by atoms with Crippen molar-refractivity contribution in [2.45, 2.75) is 0 Å². The Bertz CT molecular complexity index is 881. The highest BCUT2D eigenvalue weighted by Crippen LogP contribution is 2.27. The van der Waals surface area contributed by atoms with Gasteiger partial charge in [0.05, 0.1) is 18.9 Å². The molecule has 1 amide bonds. The molecule has 0 bridgehead atoms. The Morgan fingerprint density at radius 2 is 1.75 bits per heavy atom. The van der Waals surface area contributed by atoms with Gasteiger partial charge in [0, 0.05) is 4.47 Å². The van der Waals surface area contributed by atoms with E-state index < -0.39 is 5.91 Å². The quantitative estimate of drug-likeness (QED) is 0.336. The highest BCUT2D eigenvalue weighted by atomic mass is 79.9. The van der Waals surface area contributed by atoms with E-state index in [1.165, 1.54) is 6.21 Å². The van der Waals surface area contributed by atoms with Crippen molar-refractivity contribution in [3.05, 3.63) is 77.3 Å². The Kier molecular flexibility index (Phi) is 8.30. The van der Waals surface area contributed by atoms with E-state index in [0.717, 1.165) is 10.0 Å². The Balaban J connectivity index is 2.10. The summed E-state index contributed by atoms with van der Waals surface area (Å²) in [5.74, 6) is 1.21. The molecule has 0 saturated heterocycles. The van der Waals surface area contributed by atoms with Crippen LogP contribution in [0.2, 0.25) is 0 Å². The number of nitrogens with zero attached hydrogens (tertiary/aromatic N) is 1. The molecule has 2 aromatic carbocycles. The number of hydrogen-bond acceptors (Lipinski definition) is 5. The maximum absolute atomic E-state index is 12.5. The van der Waals surface area contributed by atoms with Crippen LogP contribution in [0.25, 0.3) is 0 Å². The van der Waals surface area contributed by atoms with Crippen molar-refractivity contribution in [3.63, 3.8) is 0 Å². The van der Waals surface area contributed by atoms with Crippen LogP contribution in [-0.4, -0.2) is 32.4 Å². The number of carbonyl (C=O) groups excluding carboxylic acids is 1. The first kappa shape index (κ1) is 21.2. The normalized spacial score (nSPS) is 10.4. The fraction of sp³-hybridized carbons (Fsp3) is 0.143. The third kappa shape index (κ3) is 5.99. The molecule has 0 fully saturated rings. The Morgan fingerprint density at radius 3 is 2.43 bits per heavy atom. The third-order valence-corrected chi connectivity index (χ3v) is 3.96. The van der Waals surface area contributed by atoms with Crippen molar-refractivity contribution < 1.29 is 19.0 Å². The van der Waals surface area contributed by atoms with Crippen LogP contribution in [0.15, 0.2) is 71.3 Å². The summed E-state index contributed by atoms with van der Waals surface area (Å²) in [5, 5.41) is 4.01. The average Bonchev–Trinajstić information content (AvgIpc) is 2.71. The van der Waals surface area contributed by atoms with Gasteiger partial charge in [0.1, 0.15) is 19.0 Å². The second-order valence-corrected chi connectivity index (χ2v) is 6.36. The van der Waals surface area contributed by atoms with Gasteiger partial charge in [-0.1, -0.05) is 41.2 Å². The van der Waals surface area contributed by atoms with Gasteiger partial charge < -0.3 is 14.2 Å². The van der Waals surface area contributed by atoms with E-state index in [1.807, 2.05) is 0 Å². The minimum absolute atomic E-state index is 0.297. The van der Waals surface area contributed by atoms with Gasteiger partial charge in [-0.3, -0.25) is 4.79 Å². The summed E-state index contributed by atoms with van der Waals surface area (Å²) in [6, 6.07) is 10.5. The lowest BCUT2D eigenvalue weighted by Gasteiger charge is -2.10. The standard InChI is InChI=1S/C21H21BrN2O4/c1-4-10-27-18-9-7-16(22)13-17(18)21(25)24-23-14-15-6-8-19(28-11-5-2)20(12-15)26-3/h4-9,12-14H,1-2,10-11H2,3H3,(H,24,25). The largest absolute Gasteiger partial charge is 0.493 e. The smallest absolute Gasteiger partial charge is 0.275 e. The second kappa shape index (κ2) is 10.9. The number of nitrogens with one attached hydrogen (secondary N) is 1. The average molecular weight is 445 g/mol. The summed E-state index contributed by atoms with van der Waals surface area (Å²) < 4.78 is 17.1. The second-order valence-electron chi connectivity index (χ2n) is 5.45. The van der Waals surface area contributed by atoms with Crippen molar-refractivity contribution >= 4 is 28.1 Å². The van der Waals surface area contributed by atoms with Gasteiger partial charge in [-0.2, -0.15) is 5.10 Å². The third-order valence-electron chi connectivity index (χ3n) is 3.47. The molecule has 0 unspecified atom stereocenters. The summed E-state index contributed by atoms with van der Waals surface area (Å²) in [6.07, 6.45) is 4.77. The fourth-order valence-electron chi connectivity index (χ4n) is 2.21. The van der Waals surface area contributed by atoms with E-state index in [-0.39, 0.29) is 0 Å². The van der Waals surface area contributed by atoms with E-state index in [0.29, 0.717) is 36.0 Å². The first-order valence-electron chi connectivity index (χ1n) is 8.37. The lowest BCUT2D eigenvalue weighted by atomic mass is 10.2. The highest BCUT2D eigenvalue weighted by Gasteiger charge is 2.12. The molecule has 2 aromatic rings. The van der Waals surface area contributed by atoms with Gasteiger partial charge in [0.2, 0.25) is 0 Å². The molecule has 28 heavy (non-hydrogen) atoms. The molecule has 0 aromatic heterocycles. The number of carbonyl (C=O) groups is 1. The number of rotatable bonds is 10. The summed E-state index contributed by atoms with van der Waals surface area (Å²) in [7, 11) is 1.55. The number of ether oxygens (including phenoxy) is 3. The number of hydrazone groups is 1. The van der Waals surface area contributed by atoms with E-state index in [1.54, 1.807) is 55.7 Å². The number of halogens is 1. The number of methoxy groups -OCH3 is 1. The predicted molar refractivity (Wildman–Crippen MR) is 114 cm³/mol. The van der Waals surface area contributed by atoms with Crippen LogP contribution in [0.4, 0.5) is 0 Å². The van der Waals surface area contributed by atoms with Gasteiger partial charge in [-0.05, 0) is 42.0 Å². The molecule has 0 aliphatic heterocycles. The monoisotopic (exact) mass is 444 g/mol. The van der Waals surface area contributed by atoms with Crippen LogP contribution in [-0.2, 0) is 0 Å². The Morgan fingerprint density at radius 1 is 1.07 bits per heavy atom. The molecule has 0 radical (unpaired) electrons. The van der Waals surface area contributed by atoms with Crippen molar-refractivity contribution in [3.8, 4) is 17.2 Å². The summed E-state index contributed by atoms with van der Waals surface area (Å²) in [6.45, 7) is 7.89. The Hall–Kier alpha value is -3.06. The number of benzene rings is 2. The first-order valence-corrected chi connectivity index (χ1v) is 9.16. The predicted octanol–water partition coefficient (Wildman–Crippen LogP) is 4.35. The molecular weight excluding hydrogens is 424 g/mol. The van der Waals surface area contributed by atoms with E-state index >= 15 is 0 Å². The molecule has 0 atom stereocenters. The zero-order valence-electron chi connectivity index (χ0n) is 15.5. The molecule has 0 aliphatic carbocycles. The number of amides is 1. The maximum atomic E-state index is 12.5. The van der Waals surface area contributed by atoms with Gasteiger partial charge in [0.15, 0.2) is 11.5 Å². The summed E-state index contributed by atoms with van der Waals surface area (Å²) in [5.41, 5.74) is 3.59. The van der Waals surface area contributed by atoms with Gasteiger partial charge in [-0.25, -0.2) is 5.43 Å². The van der Waals surface area contributed by atoms with E-state index in [9.17, 15) is 4.79 Å². The molecular formula is C21H21BrN2O4. The maximum Gasteiger partial charge on any atom is 0.275 e. The molecule has 1 N–H and O–H groups in total. The van der Waals surface area contributed by atoms with Crippen LogP contribution in [0.1, 0.15) is 15.9 Å². The van der Waals surface area contributed by atoms with Gasteiger partial charge >= 0.3 is 0 Å². The molecule has 0 saturated carbocycles. The van der Waals surface area contributed by atoms with Crippen molar-refractivity contribution in [1.82, 2.24) is 5.43 Å². The van der Waals surface area contributed by atoms with Crippen LogP contribution >= 0.6 is 15.9 Å². The van der Waals surface area contributed by atoms with E-state index in [2.05, 4.69) is 39.6 Å². The zero-order chi connectivity index (χ0) is 20.4. The van der Waals surface area contributed by atoms with Crippen LogP contribution in [0.3, 0.4) is 0 Å². The minimum atomic E-state index is -0.394. The Labute approximate surface area is 172 Å². The van der Waals surface area contributed by atoms with Gasteiger partial charge in [0.25, 0.3) is 5.91 Å². The molecule has 146 valence electrons. The molecule has 7 heteroatoms. The minimum Gasteiger partial charge on any atom is -0.493 e. The van der Waals surface area contributed by atoms with Gasteiger partial charge in [-0.15, -0.1) is 0 Å². The van der Waals surface area contributed by atoms with Crippen molar-refractivity contribution in [2.24, 2.45) is 5.10 Å². The van der Waals surface area contributed by atoms with Crippen LogP contribution in [0.5, 0.6) is 17.2 Å². The molecule has 0 aliphatic rings. The lowest BCUT2D eigenvalue weighted by molar-refractivity contribution is 0.0951. The zero-order valence-corrected chi connectivity index (χ0v) is 17.1. The number of hydrogen-bond donors (Lipinski definition) is 1. The first-order chi connectivity index (χ1) is 13.6. The van der Waals surface area contributed by atoms with Crippen molar-refractivity contribution in [1.29, 1.82) is 0 Å². The highest BCUT2D eigenvalue weighted by molar-refractivity contribution is 9.10. The fourth-order valence-corrected chi connectivity index (χ4v) is 2.57. The van der Waals surface area contributed by atoms with E-state index in [4.69, 9.17) is 14.2 Å². The molecule has 2 rings (SSSR count). The SMILES string of the molecule is C=CCOc1ccc(C=NNC(=O)c2cc(Br)ccc2OCC=C)cc1OC. The van der Waals surface area contributed by atoms with Crippen molar-refractivity contribution in [2.75, 3.05) is 20.3 Å². The van der Waals surface area contributed by atoms with Crippen LogP contribution in [0, 0.1) is 0 Å². The molecule has 6 nitrogen and oxygen atoms in total. The van der Waals surface area contributed by atoms with Crippen LogP contribution < -0.4 is 19.6 Å². The topological polar surface area (TPSA) is 69.2 Å².